The van der Waals surface area contributed by atoms with Gasteiger partial charge in [0.05, 0.1) is 31.0 Å². The van der Waals surface area contributed by atoms with Crippen LogP contribution in [-0.4, -0.2) is 25.1 Å². The van der Waals surface area contributed by atoms with Gasteiger partial charge in [0, 0.05) is 10.9 Å². The van der Waals surface area contributed by atoms with Crippen molar-refractivity contribution in [2.75, 3.05) is 19.5 Å². The lowest BCUT2D eigenvalue weighted by atomic mass is 10.0. The number of hydrogen-bond donors (Lipinski definition) is 1. The van der Waals surface area contributed by atoms with Gasteiger partial charge in [0.15, 0.2) is 34.8 Å². The number of nitrogens with zero attached hydrogens (tertiary/aromatic N) is 1. The molecule has 4 aromatic rings. The summed E-state index contributed by atoms with van der Waals surface area (Å²) in [7, 11) is 2.91. The molecule has 0 atom stereocenters. The van der Waals surface area contributed by atoms with E-state index in [2.05, 4.69) is 4.98 Å². The van der Waals surface area contributed by atoms with Crippen LogP contribution in [0, 0.1) is 29.1 Å². The van der Waals surface area contributed by atoms with Gasteiger partial charge in [-0.15, -0.1) is 0 Å². The molecule has 4 rings (SSSR count). The van der Waals surface area contributed by atoms with E-state index in [1.807, 2.05) is 5.32 Å². The number of amides is 1. The molecule has 1 heterocycles. The van der Waals surface area contributed by atoms with Crippen LogP contribution in [0.1, 0.15) is 10.4 Å². The van der Waals surface area contributed by atoms with Crippen molar-refractivity contribution < 1.29 is 36.2 Å². The summed E-state index contributed by atoms with van der Waals surface area (Å²) >= 11 is 0. The van der Waals surface area contributed by atoms with Gasteiger partial charge < -0.3 is 14.8 Å². The zero-order valence-corrected chi connectivity index (χ0v) is 17.7. The molecule has 1 amide bonds. The summed E-state index contributed by atoms with van der Waals surface area (Å²) in [4.78, 5) is 17.5. The molecule has 0 saturated heterocycles. The fourth-order valence-electron chi connectivity index (χ4n) is 3.40. The number of methoxy groups -OCH3 is 2. The van der Waals surface area contributed by atoms with E-state index in [9.17, 15) is 26.7 Å². The van der Waals surface area contributed by atoms with E-state index in [0.717, 1.165) is 0 Å². The molecule has 0 aliphatic heterocycles. The first-order chi connectivity index (χ1) is 16.3. The number of aromatic nitrogens is 1. The highest BCUT2D eigenvalue weighted by atomic mass is 19.2. The molecular weight excluding hydrogens is 459 g/mol. The van der Waals surface area contributed by atoms with Crippen LogP contribution in [0.25, 0.3) is 22.2 Å². The maximum atomic E-state index is 14.1. The fraction of sp³-hybridized carbons (Fsp3) is 0.0833. The molecule has 0 aliphatic carbocycles. The lowest BCUT2D eigenvalue weighted by molar-refractivity contribution is 0.102. The number of carbonyl (C=O) groups is 1. The number of rotatable bonds is 5. The monoisotopic (exact) mass is 474 g/mol. The van der Waals surface area contributed by atoms with Crippen LogP contribution in [0.2, 0.25) is 0 Å². The lowest BCUT2D eigenvalue weighted by Crippen LogP contribution is -2.17. The zero-order valence-electron chi connectivity index (χ0n) is 17.7. The second-order valence-corrected chi connectivity index (χ2v) is 7.04. The van der Waals surface area contributed by atoms with Crippen LogP contribution in [-0.2, 0) is 0 Å². The Morgan fingerprint density at radius 3 is 2.06 bits per heavy atom. The first kappa shape index (κ1) is 23.0. The number of anilines is 1. The van der Waals surface area contributed by atoms with Gasteiger partial charge in [-0.25, -0.2) is 26.9 Å². The Labute approximate surface area is 189 Å². The molecule has 3 aromatic carbocycles. The molecular formula is C24H15F5N2O3. The predicted molar refractivity (Wildman–Crippen MR) is 114 cm³/mol. The van der Waals surface area contributed by atoms with Crippen LogP contribution < -0.4 is 14.8 Å². The summed E-state index contributed by atoms with van der Waals surface area (Å²) in [6.45, 7) is 0. The first-order valence-electron chi connectivity index (χ1n) is 9.71. The minimum atomic E-state index is -2.32. The third-order valence-electron chi connectivity index (χ3n) is 5.09. The Balaban J connectivity index is 1.85. The van der Waals surface area contributed by atoms with Gasteiger partial charge in [0.1, 0.15) is 5.69 Å². The number of hydrogen-bond acceptors (Lipinski definition) is 4. The van der Waals surface area contributed by atoms with Crippen LogP contribution in [0.5, 0.6) is 11.5 Å². The van der Waals surface area contributed by atoms with Crippen molar-refractivity contribution in [1.82, 2.24) is 4.98 Å². The van der Waals surface area contributed by atoms with E-state index >= 15 is 0 Å². The maximum absolute atomic E-state index is 14.1. The highest BCUT2D eigenvalue weighted by molar-refractivity contribution is 6.13. The Bertz CT molecular complexity index is 1410. The normalized spacial score (nSPS) is 10.9. The highest BCUT2D eigenvalue weighted by Crippen LogP contribution is 2.34. The van der Waals surface area contributed by atoms with E-state index in [4.69, 9.17) is 9.47 Å². The van der Waals surface area contributed by atoms with Gasteiger partial charge in [-0.3, -0.25) is 4.79 Å². The molecule has 0 aliphatic rings. The van der Waals surface area contributed by atoms with Crippen LogP contribution >= 0.6 is 0 Å². The molecule has 0 radical (unpaired) electrons. The number of para-hydroxylation sites is 1. The van der Waals surface area contributed by atoms with Gasteiger partial charge >= 0.3 is 0 Å². The second kappa shape index (κ2) is 8.97. The summed E-state index contributed by atoms with van der Waals surface area (Å²) in [5, 5.41) is 2.11. The lowest BCUT2D eigenvalue weighted by Gasteiger charge is -2.13. The number of nitrogens with one attached hydrogen (secondary N) is 1. The summed E-state index contributed by atoms with van der Waals surface area (Å²) in [5.41, 5.74) is -0.373. The van der Waals surface area contributed by atoms with Gasteiger partial charge in [0.2, 0.25) is 5.82 Å². The maximum Gasteiger partial charge on any atom is 0.256 e. The molecule has 0 spiro atoms. The van der Waals surface area contributed by atoms with Crippen LogP contribution in [0.4, 0.5) is 27.6 Å². The molecule has 5 nitrogen and oxygen atoms in total. The summed E-state index contributed by atoms with van der Waals surface area (Å²) in [6.07, 6.45) is 0. The van der Waals surface area contributed by atoms with E-state index in [-0.39, 0.29) is 5.56 Å². The summed E-state index contributed by atoms with van der Waals surface area (Å²) < 4.78 is 79.2. The van der Waals surface area contributed by atoms with Crippen molar-refractivity contribution >= 4 is 22.5 Å². The number of fused-ring (bicyclic) bond motifs is 1. The Morgan fingerprint density at radius 2 is 1.41 bits per heavy atom. The van der Waals surface area contributed by atoms with E-state index in [1.54, 1.807) is 36.4 Å². The van der Waals surface area contributed by atoms with Gasteiger partial charge in [-0.1, -0.05) is 18.2 Å². The topological polar surface area (TPSA) is 60.5 Å². The average molecular weight is 474 g/mol. The Morgan fingerprint density at radius 1 is 0.794 bits per heavy atom. The number of pyridine rings is 1. The second-order valence-electron chi connectivity index (χ2n) is 7.04. The Hall–Kier alpha value is -4.21. The molecule has 0 bridgehead atoms. The fourth-order valence-corrected chi connectivity index (χ4v) is 3.40. The van der Waals surface area contributed by atoms with Crippen LogP contribution in [0.3, 0.4) is 0 Å². The van der Waals surface area contributed by atoms with Crippen LogP contribution in [0.15, 0.2) is 48.5 Å². The van der Waals surface area contributed by atoms with Crippen molar-refractivity contribution in [3.8, 4) is 22.8 Å². The quantitative estimate of drug-likeness (QED) is 0.223. The third kappa shape index (κ3) is 3.87. The number of benzene rings is 3. The Kier molecular flexibility index (Phi) is 6.06. The van der Waals surface area contributed by atoms with E-state index in [1.165, 1.54) is 26.4 Å². The number of carbonyl (C=O) groups excluding carboxylic acids is 1. The third-order valence-corrected chi connectivity index (χ3v) is 5.09. The molecule has 10 heteroatoms. The zero-order chi connectivity index (χ0) is 24.6. The molecule has 34 heavy (non-hydrogen) atoms. The minimum Gasteiger partial charge on any atom is -0.493 e. The molecule has 1 aromatic heterocycles. The SMILES string of the molecule is COc1ccc(-c2cc(C(=O)Nc3c(F)c(F)c(F)c(F)c3F)c3ccccc3n2)cc1OC. The minimum absolute atomic E-state index is 0.0978. The standard InChI is InChI=1S/C24H15F5N2O3/c1-33-16-8-7-11(9-17(16)34-2)15-10-13(12-5-3-4-6-14(12)30-15)24(32)31-23-21(28)19(26)18(25)20(27)22(23)29/h3-10H,1-2H3,(H,31,32). The summed E-state index contributed by atoms with van der Waals surface area (Å²) in [5.74, 6) is -11.2. The molecule has 0 fully saturated rings. The van der Waals surface area contributed by atoms with E-state index in [0.29, 0.717) is 33.7 Å². The molecule has 0 unspecified atom stereocenters. The van der Waals surface area contributed by atoms with Crippen molar-refractivity contribution in [1.29, 1.82) is 0 Å². The average Bonchev–Trinajstić information content (AvgIpc) is 2.87. The molecule has 1 N–H and O–H groups in total. The van der Waals surface area contributed by atoms with Crippen molar-refractivity contribution in [2.45, 2.75) is 0 Å². The largest absolute Gasteiger partial charge is 0.493 e. The van der Waals surface area contributed by atoms with E-state index < -0.39 is 40.7 Å². The highest BCUT2D eigenvalue weighted by Gasteiger charge is 2.27. The predicted octanol–water partition coefficient (Wildman–Crippen LogP) is 5.87. The van der Waals surface area contributed by atoms with Crippen molar-refractivity contribution in [3.05, 3.63) is 83.2 Å². The summed E-state index contributed by atoms with van der Waals surface area (Å²) in [6, 6.07) is 12.6. The number of ether oxygens (including phenoxy) is 2. The van der Waals surface area contributed by atoms with Gasteiger partial charge in [-0.05, 0) is 30.3 Å². The van der Waals surface area contributed by atoms with Crippen molar-refractivity contribution in [2.24, 2.45) is 0 Å². The molecule has 0 saturated carbocycles. The first-order valence-corrected chi connectivity index (χ1v) is 9.71. The van der Waals surface area contributed by atoms with Crippen molar-refractivity contribution in [3.63, 3.8) is 0 Å². The van der Waals surface area contributed by atoms with Gasteiger partial charge in [-0.2, -0.15) is 0 Å². The molecule has 174 valence electrons. The number of halogens is 5. The van der Waals surface area contributed by atoms with Gasteiger partial charge in [0.25, 0.3) is 5.91 Å². The smallest absolute Gasteiger partial charge is 0.256 e.